The zero-order valence-electron chi connectivity index (χ0n) is 11.1. The number of aromatic nitrogens is 1. The summed E-state index contributed by atoms with van der Waals surface area (Å²) in [5.41, 5.74) is 2.20. The Bertz CT molecular complexity index is 377. The van der Waals surface area contributed by atoms with Crippen molar-refractivity contribution in [3.8, 4) is 5.88 Å². The summed E-state index contributed by atoms with van der Waals surface area (Å²) in [5.74, 6) is 2.16. The normalized spacial score (nSPS) is 15.4. The van der Waals surface area contributed by atoms with E-state index in [2.05, 4.69) is 18.0 Å². The fourth-order valence-electron chi connectivity index (χ4n) is 2.27. The van der Waals surface area contributed by atoms with Gasteiger partial charge in [-0.15, -0.1) is 11.6 Å². The molecule has 1 aromatic heterocycles. The maximum absolute atomic E-state index is 5.90. The summed E-state index contributed by atoms with van der Waals surface area (Å²) >= 11 is 5.90. The number of hydrogen-bond donors (Lipinski definition) is 0. The fraction of sp³-hybridized carbons (Fsp3) is 0.667. The molecule has 3 heteroatoms. The van der Waals surface area contributed by atoms with Crippen molar-refractivity contribution in [1.82, 2.24) is 4.98 Å². The van der Waals surface area contributed by atoms with Gasteiger partial charge in [-0.3, -0.25) is 0 Å². The summed E-state index contributed by atoms with van der Waals surface area (Å²) in [4.78, 5) is 4.53. The second-order valence-corrected chi connectivity index (χ2v) is 5.39. The molecule has 0 spiro atoms. The maximum Gasteiger partial charge on any atom is 0.213 e. The molecule has 0 N–H and O–H groups in total. The Kier molecular flexibility index (Phi) is 5.30. The molecule has 0 unspecified atom stereocenters. The Morgan fingerprint density at radius 3 is 2.83 bits per heavy atom. The van der Waals surface area contributed by atoms with Crippen LogP contribution >= 0.6 is 11.6 Å². The molecule has 2 rings (SSSR count). The quantitative estimate of drug-likeness (QED) is 0.686. The number of rotatable bonds is 7. The highest BCUT2D eigenvalue weighted by molar-refractivity contribution is 6.17. The van der Waals surface area contributed by atoms with Crippen molar-refractivity contribution in [1.29, 1.82) is 0 Å². The van der Waals surface area contributed by atoms with Gasteiger partial charge >= 0.3 is 0 Å². The lowest BCUT2D eigenvalue weighted by Crippen LogP contribution is -2.14. The van der Waals surface area contributed by atoms with Gasteiger partial charge in [0.1, 0.15) is 0 Å². The third kappa shape index (κ3) is 3.88. The predicted molar refractivity (Wildman–Crippen MR) is 75.2 cm³/mol. The minimum atomic E-state index is 0.526. The number of halogens is 1. The monoisotopic (exact) mass is 267 g/mol. The first-order valence-corrected chi connectivity index (χ1v) is 7.54. The molecule has 0 atom stereocenters. The Labute approximate surface area is 115 Å². The molecule has 1 fully saturated rings. The summed E-state index contributed by atoms with van der Waals surface area (Å²) in [6, 6.07) is 4.04. The summed E-state index contributed by atoms with van der Waals surface area (Å²) in [6.45, 7) is 2.95. The average Bonchev–Trinajstić information content (AvgIpc) is 2.32. The lowest BCUT2D eigenvalue weighted by atomic mass is 9.83. The molecule has 0 bridgehead atoms. The van der Waals surface area contributed by atoms with Gasteiger partial charge in [-0.2, -0.15) is 0 Å². The molecular weight excluding hydrogens is 246 g/mol. The van der Waals surface area contributed by atoms with Crippen molar-refractivity contribution in [2.45, 2.75) is 51.3 Å². The third-order valence-corrected chi connectivity index (χ3v) is 3.88. The van der Waals surface area contributed by atoms with E-state index in [-0.39, 0.29) is 0 Å². The second kappa shape index (κ2) is 6.98. The number of nitrogens with zero attached hydrogens (tertiary/aromatic N) is 1. The van der Waals surface area contributed by atoms with E-state index in [0.29, 0.717) is 5.88 Å². The molecule has 0 amide bonds. The average molecular weight is 268 g/mol. The predicted octanol–water partition coefficient (Wildman–Crippen LogP) is 4.34. The SMILES string of the molecule is CCCc1cc(CCl)cc(OCCC2CCC2)n1. The van der Waals surface area contributed by atoms with Gasteiger partial charge < -0.3 is 4.74 Å². The van der Waals surface area contributed by atoms with E-state index in [9.17, 15) is 0 Å². The van der Waals surface area contributed by atoms with Gasteiger partial charge in [-0.1, -0.05) is 32.6 Å². The van der Waals surface area contributed by atoms with Gasteiger partial charge in [-0.05, 0) is 30.4 Å². The fourth-order valence-corrected chi connectivity index (χ4v) is 2.42. The maximum atomic E-state index is 5.90. The van der Waals surface area contributed by atoms with E-state index in [0.717, 1.165) is 48.9 Å². The lowest BCUT2D eigenvalue weighted by Gasteiger charge is -2.24. The summed E-state index contributed by atoms with van der Waals surface area (Å²) in [6.07, 6.45) is 7.39. The first-order chi connectivity index (χ1) is 8.81. The highest BCUT2D eigenvalue weighted by Gasteiger charge is 2.17. The highest BCUT2D eigenvalue weighted by Crippen LogP contribution is 2.29. The molecule has 1 saturated carbocycles. The first kappa shape index (κ1) is 13.7. The van der Waals surface area contributed by atoms with Crippen LogP contribution in [0.15, 0.2) is 12.1 Å². The Balaban J connectivity index is 1.90. The zero-order valence-corrected chi connectivity index (χ0v) is 11.9. The largest absolute Gasteiger partial charge is 0.478 e. The van der Waals surface area contributed by atoms with Crippen LogP contribution in [0.4, 0.5) is 0 Å². The molecule has 1 heterocycles. The summed E-state index contributed by atoms with van der Waals surface area (Å²) in [7, 11) is 0. The van der Waals surface area contributed by atoms with Crippen molar-refractivity contribution >= 4 is 11.6 Å². The molecule has 0 radical (unpaired) electrons. The van der Waals surface area contributed by atoms with Crippen molar-refractivity contribution in [2.75, 3.05) is 6.61 Å². The Morgan fingerprint density at radius 2 is 2.22 bits per heavy atom. The molecule has 1 aliphatic rings. The molecule has 1 aromatic rings. The van der Waals surface area contributed by atoms with E-state index in [1.54, 1.807) is 0 Å². The standard InChI is InChI=1S/C15H22ClNO/c1-2-4-14-9-13(11-16)10-15(17-14)18-8-7-12-5-3-6-12/h9-10,12H,2-8,11H2,1H3. The number of ether oxygens (including phenoxy) is 1. The van der Waals surface area contributed by atoms with Crippen LogP contribution in [-0.4, -0.2) is 11.6 Å². The number of alkyl halides is 1. The van der Waals surface area contributed by atoms with E-state index in [1.807, 2.05) is 6.07 Å². The van der Waals surface area contributed by atoms with Crippen LogP contribution in [0.2, 0.25) is 0 Å². The van der Waals surface area contributed by atoms with Crippen molar-refractivity contribution in [3.05, 3.63) is 23.4 Å². The molecule has 2 nitrogen and oxygen atoms in total. The van der Waals surface area contributed by atoms with Gasteiger partial charge in [0.25, 0.3) is 0 Å². The third-order valence-electron chi connectivity index (χ3n) is 3.58. The van der Waals surface area contributed by atoms with Crippen molar-refractivity contribution in [2.24, 2.45) is 5.92 Å². The van der Waals surface area contributed by atoms with Crippen LogP contribution in [0.3, 0.4) is 0 Å². The van der Waals surface area contributed by atoms with Crippen LogP contribution in [-0.2, 0) is 12.3 Å². The minimum Gasteiger partial charge on any atom is -0.478 e. The molecule has 0 aliphatic heterocycles. The van der Waals surface area contributed by atoms with E-state index >= 15 is 0 Å². The smallest absolute Gasteiger partial charge is 0.213 e. The van der Waals surface area contributed by atoms with Crippen LogP contribution < -0.4 is 4.74 Å². The number of aryl methyl sites for hydroxylation is 1. The van der Waals surface area contributed by atoms with Crippen molar-refractivity contribution < 1.29 is 4.74 Å². The topological polar surface area (TPSA) is 22.1 Å². The van der Waals surface area contributed by atoms with Crippen LogP contribution in [0.5, 0.6) is 5.88 Å². The number of hydrogen-bond acceptors (Lipinski definition) is 2. The molecule has 0 saturated heterocycles. The first-order valence-electron chi connectivity index (χ1n) is 7.00. The van der Waals surface area contributed by atoms with Gasteiger partial charge in [0, 0.05) is 17.6 Å². The molecule has 18 heavy (non-hydrogen) atoms. The van der Waals surface area contributed by atoms with Gasteiger partial charge in [0.15, 0.2) is 0 Å². The summed E-state index contributed by atoms with van der Waals surface area (Å²) < 4.78 is 5.77. The minimum absolute atomic E-state index is 0.526. The van der Waals surface area contributed by atoms with Crippen LogP contribution in [0.1, 0.15) is 50.3 Å². The van der Waals surface area contributed by atoms with E-state index in [1.165, 1.54) is 19.3 Å². The molecule has 100 valence electrons. The molecule has 0 aromatic carbocycles. The molecular formula is C15H22ClNO. The zero-order chi connectivity index (χ0) is 12.8. The van der Waals surface area contributed by atoms with Gasteiger partial charge in [-0.25, -0.2) is 4.98 Å². The summed E-state index contributed by atoms with van der Waals surface area (Å²) in [5, 5.41) is 0. The van der Waals surface area contributed by atoms with Crippen LogP contribution in [0, 0.1) is 5.92 Å². The van der Waals surface area contributed by atoms with E-state index in [4.69, 9.17) is 16.3 Å². The number of pyridine rings is 1. The Hall–Kier alpha value is -0.760. The Morgan fingerprint density at radius 1 is 1.39 bits per heavy atom. The second-order valence-electron chi connectivity index (χ2n) is 5.12. The van der Waals surface area contributed by atoms with Gasteiger partial charge in [0.2, 0.25) is 5.88 Å². The van der Waals surface area contributed by atoms with E-state index < -0.39 is 0 Å². The van der Waals surface area contributed by atoms with Gasteiger partial charge in [0.05, 0.1) is 6.61 Å². The lowest BCUT2D eigenvalue weighted by molar-refractivity contribution is 0.217. The molecule has 1 aliphatic carbocycles. The van der Waals surface area contributed by atoms with Crippen molar-refractivity contribution in [3.63, 3.8) is 0 Å². The van der Waals surface area contributed by atoms with Crippen LogP contribution in [0.25, 0.3) is 0 Å². The highest BCUT2D eigenvalue weighted by atomic mass is 35.5.